The fraction of sp³-hybridized carbons (Fsp3) is 0.667. The van der Waals surface area contributed by atoms with Crippen molar-refractivity contribution in [1.29, 1.82) is 0 Å². The van der Waals surface area contributed by atoms with Gasteiger partial charge in [-0.25, -0.2) is 0 Å². The zero-order valence-electron chi connectivity index (χ0n) is 15.8. The zero-order valence-corrected chi connectivity index (χ0v) is 15.8. The maximum atomic E-state index is 12.6. The summed E-state index contributed by atoms with van der Waals surface area (Å²) in [7, 11) is 0. The van der Waals surface area contributed by atoms with Crippen molar-refractivity contribution in [3.63, 3.8) is 0 Å². The van der Waals surface area contributed by atoms with E-state index in [1.807, 2.05) is 0 Å². The third-order valence-corrected chi connectivity index (χ3v) is 6.04. The lowest BCUT2D eigenvalue weighted by molar-refractivity contribution is -0.123. The van der Waals surface area contributed by atoms with Gasteiger partial charge >= 0.3 is 0 Å². The van der Waals surface area contributed by atoms with Crippen LogP contribution in [0.15, 0.2) is 24.3 Å². The summed E-state index contributed by atoms with van der Waals surface area (Å²) in [5.74, 6) is 0.881. The van der Waals surface area contributed by atoms with E-state index in [-0.39, 0.29) is 11.9 Å². The van der Waals surface area contributed by atoms with Crippen molar-refractivity contribution in [2.24, 2.45) is 5.92 Å². The predicted octanol–water partition coefficient (Wildman–Crippen LogP) is 3.07. The largest absolute Gasteiger partial charge is 0.351 e. The standard InChI is InChI=1S/C21H33N3O/c1-3-24(4-2)15-18-11-6-5-10-17(18)14-22-21(25)20-13-16-9-7-8-12-19(16)23-20/h5-6,10-11,16,19-20,23H,3-4,7-9,12-15H2,1-2H3,(H,22,25). The van der Waals surface area contributed by atoms with Crippen LogP contribution in [0.25, 0.3) is 0 Å². The molecule has 0 aromatic heterocycles. The monoisotopic (exact) mass is 343 g/mol. The van der Waals surface area contributed by atoms with Crippen molar-refractivity contribution in [2.75, 3.05) is 13.1 Å². The first-order valence-electron chi connectivity index (χ1n) is 10.0. The van der Waals surface area contributed by atoms with Gasteiger partial charge in [0.25, 0.3) is 0 Å². The Morgan fingerprint density at radius 1 is 1.16 bits per heavy atom. The first-order valence-corrected chi connectivity index (χ1v) is 10.0. The highest BCUT2D eigenvalue weighted by atomic mass is 16.2. The lowest BCUT2D eigenvalue weighted by Gasteiger charge is -2.24. The third-order valence-electron chi connectivity index (χ3n) is 6.04. The summed E-state index contributed by atoms with van der Waals surface area (Å²) in [6, 6.07) is 9.05. The molecule has 1 amide bonds. The maximum Gasteiger partial charge on any atom is 0.237 e. The Bertz CT molecular complexity index is 556. The average molecular weight is 344 g/mol. The Morgan fingerprint density at radius 3 is 2.60 bits per heavy atom. The minimum atomic E-state index is 0.00282. The lowest BCUT2D eigenvalue weighted by atomic mass is 9.85. The molecule has 3 atom stereocenters. The Hall–Kier alpha value is -1.39. The molecule has 4 nitrogen and oxygen atoms in total. The number of carbonyl (C=O) groups excluding carboxylic acids is 1. The molecule has 1 aliphatic heterocycles. The van der Waals surface area contributed by atoms with E-state index in [4.69, 9.17) is 0 Å². The van der Waals surface area contributed by atoms with Crippen molar-refractivity contribution in [1.82, 2.24) is 15.5 Å². The van der Waals surface area contributed by atoms with Gasteiger partial charge in [0.15, 0.2) is 0 Å². The number of nitrogens with one attached hydrogen (secondary N) is 2. The maximum absolute atomic E-state index is 12.6. The number of amides is 1. The summed E-state index contributed by atoms with van der Waals surface area (Å²) in [6.07, 6.45) is 6.17. The summed E-state index contributed by atoms with van der Waals surface area (Å²) in [5.41, 5.74) is 2.55. The van der Waals surface area contributed by atoms with Crippen molar-refractivity contribution in [2.45, 2.75) is 71.1 Å². The van der Waals surface area contributed by atoms with Gasteiger partial charge in [0, 0.05) is 19.1 Å². The van der Waals surface area contributed by atoms with E-state index in [1.54, 1.807) is 0 Å². The van der Waals surface area contributed by atoms with Crippen molar-refractivity contribution in [3.05, 3.63) is 35.4 Å². The molecule has 138 valence electrons. The predicted molar refractivity (Wildman–Crippen MR) is 102 cm³/mol. The number of carbonyl (C=O) groups is 1. The topological polar surface area (TPSA) is 44.4 Å². The molecule has 1 aliphatic carbocycles. The molecule has 4 heteroatoms. The van der Waals surface area contributed by atoms with Crippen molar-refractivity contribution in [3.8, 4) is 0 Å². The van der Waals surface area contributed by atoms with Crippen molar-refractivity contribution >= 4 is 5.91 Å². The van der Waals surface area contributed by atoms with E-state index in [0.29, 0.717) is 18.5 Å². The molecule has 3 unspecified atom stereocenters. The second kappa shape index (κ2) is 8.81. The number of nitrogens with zero attached hydrogens (tertiary/aromatic N) is 1. The fourth-order valence-electron chi connectivity index (χ4n) is 4.40. The molecule has 0 spiro atoms. The van der Waals surface area contributed by atoms with E-state index in [2.05, 4.69) is 53.6 Å². The van der Waals surface area contributed by atoms with E-state index in [1.165, 1.54) is 36.8 Å². The van der Waals surface area contributed by atoms with Gasteiger partial charge in [0.2, 0.25) is 5.91 Å². The molecule has 1 aromatic carbocycles. The molecule has 3 rings (SSSR count). The molecule has 1 heterocycles. The highest BCUT2D eigenvalue weighted by molar-refractivity contribution is 5.82. The third kappa shape index (κ3) is 4.62. The first-order chi connectivity index (χ1) is 12.2. The molecule has 1 saturated heterocycles. The van der Waals surface area contributed by atoms with Crippen LogP contribution in [0.3, 0.4) is 0 Å². The van der Waals surface area contributed by atoms with E-state index >= 15 is 0 Å². The van der Waals surface area contributed by atoms with Crippen LogP contribution in [0, 0.1) is 5.92 Å². The van der Waals surface area contributed by atoms with Gasteiger partial charge < -0.3 is 10.6 Å². The van der Waals surface area contributed by atoms with Crippen molar-refractivity contribution < 1.29 is 4.79 Å². The number of rotatable bonds is 7. The molecule has 25 heavy (non-hydrogen) atoms. The van der Waals surface area contributed by atoms with Gasteiger partial charge in [-0.1, -0.05) is 51.0 Å². The summed E-state index contributed by atoms with van der Waals surface area (Å²) in [6.45, 7) is 8.06. The van der Waals surface area contributed by atoms with E-state index < -0.39 is 0 Å². The van der Waals surface area contributed by atoms with Gasteiger partial charge in [-0.15, -0.1) is 0 Å². The normalized spacial score (nSPS) is 25.8. The second-order valence-corrected chi connectivity index (χ2v) is 7.55. The van der Waals surface area contributed by atoms with Crippen LogP contribution in [0.1, 0.15) is 57.1 Å². The highest BCUT2D eigenvalue weighted by Crippen LogP contribution is 2.33. The summed E-state index contributed by atoms with van der Waals surface area (Å²) < 4.78 is 0. The molecule has 2 fully saturated rings. The fourth-order valence-corrected chi connectivity index (χ4v) is 4.40. The van der Waals surface area contributed by atoms with E-state index in [9.17, 15) is 4.79 Å². The van der Waals surface area contributed by atoms with Crippen LogP contribution in [-0.2, 0) is 17.9 Å². The van der Waals surface area contributed by atoms with Gasteiger partial charge in [0.05, 0.1) is 6.04 Å². The smallest absolute Gasteiger partial charge is 0.237 e. The Balaban J connectivity index is 1.55. The SMILES string of the molecule is CCN(CC)Cc1ccccc1CNC(=O)C1CC2CCCCC2N1. The summed E-state index contributed by atoms with van der Waals surface area (Å²) in [4.78, 5) is 15.0. The summed E-state index contributed by atoms with van der Waals surface area (Å²) in [5, 5.41) is 6.75. The second-order valence-electron chi connectivity index (χ2n) is 7.55. The molecule has 1 aromatic rings. The zero-order chi connectivity index (χ0) is 17.6. The number of fused-ring (bicyclic) bond motifs is 1. The van der Waals surface area contributed by atoms with Gasteiger partial charge in [-0.05, 0) is 49.4 Å². The molecule has 0 bridgehead atoms. The van der Waals surface area contributed by atoms with E-state index in [0.717, 1.165) is 26.1 Å². The lowest BCUT2D eigenvalue weighted by Crippen LogP contribution is -2.43. The molecular formula is C21H33N3O. The molecule has 2 aliphatic rings. The quantitative estimate of drug-likeness (QED) is 0.800. The average Bonchev–Trinajstić information content (AvgIpc) is 3.09. The first kappa shape index (κ1) is 18.4. The van der Waals surface area contributed by atoms with Crippen LogP contribution in [0.4, 0.5) is 0 Å². The van der Waals surface area contributed by atoms with Crippen LogP contribution in [-0.4, -0.2) is 36.0 Å². The van der Waals surface area contributed by atoms with Crippen LogP contribution in [0.2, 0.25) is 0 Å². The van der Waals surface area contributed by atoms with Gasteiger partial charge in [-0.2, -0.15) is 0 Å². The summed E-state index contributed by atoms with van der Waals surface area (Å²) >= 11 is 0. The van der Waals surface area contributed by atoms with Crippen LogP contribution < -0.4 is 10.6 Å². The number of benzene rings is 1. The minimum absolute atomic E-state index is 0.00282. The number of hydrogen-bond acceptors (Lipinski definition) is 3. The molecular weight excluding hydrogens is 310 g/mol. The van der Waals surface area contributed by atoms with Gasteiger partial charge in [0.1, 0.15) is 0 Å². The molecule has 2 N–H and O–H groups in total. The van der Waals surface area contributed by atoms with Crippen LogP contribution >= 0.6 is 0 Å². The molecule has 0 radical (unpaired) electrons. The molecule has 1 saturated carbocycles. The Morgan fingerprint density at radius 2 is 1.88 bits per heavy atom. The Labute approximate surface area is 152 Å². The minimum Gasteiger partial charge on any atom is -0.351 e. The number of hydrogen-bond donors (Lipinski definition) is 2. The van der Waals surface area contributed by atoms with Gasteiger partial charge in [-0.3, -0.25) is 9.69 Å². The highest BCUT2D eigenvalue weighted by Gasteiger charge is 2.38. The Kier molecular flexibility index (Phi) is 6.49. The van der Waals surface area contributed by atoms with Crippen LogP contribution in [0.5, 0.6) is 0 Å².